The van der Waals surface area contributed by atoms with E-state index in [1.54, 1.807) is 24.3 Å². The molecular formula is C17H23NO3. The first-order chi connectivity index (χ1) is 10.2. The van der Waals surface area contributed by atoms with Crippen molar-refractivity contribution in [2.45, 2.75) is 45.4 Å². The van der Waals surface area contributed by atoms with Crippen LogP contribution in [0.1, 0.15) is 55.8 Å². The van der Waals surface area contributed by atoms with E-state index < -0.39 is 0 Å². The second-order valence-electron chi connectivity index (χ2n) is 5.62. The lowest BCUT2D eigenvalue weighted by Gasteiger charge is -2.24. The molecule has 4 heteroatoms. The molecule has 1 aliphatic rings. The zero-order chi connectivity index (χ0) is 15.1. The number of ether oxygens (including phenoxy) is 1. The fourth-order valence-electron chi connectivity index (χ4n) is 2.25. The van der Waals surface area contributed by atoms with E-state index in [-0.39, 0.29) is 11.9 Å². The van der Waals surface area contributed by atoms with E-state index in [1.165, 1.54) is 6.42 Å². The van der Waals surface area contributed by atoms with Crippen molar-refractivity contribution >= 4 is 17.6 Å². The Balaban J connectivity index is 1.80. The number of carbonyl (C=O) groups excluding carboxylic acids is 2. The molecule has 1 aromatic rings. The van der Waals surface area contributed by atoms with Crippen molar-refractivity contribution in [3.05, 3.63) is 29.8 Å². The zero-order valence-electron chi connectivity index (χ0n) is 12.6. The molecule has 114 valence electrons. The van der Waals surface area contributed by atoms with Crippen LogP contribution in [0.2, 0.25) is 0 Å². The molecule has 1 amide bonds. The average molecular weight is 289 g/mol. The van der Waals surface area contributed by atoms with Gasteiger partial charge in [0.1, 0.15) is 0 Å². The number of rotatable bonds is 7. The number of anilines is 1. The SMILES string of the molecule is CCCCOC(=O)c1ccc(NC(=O)CC2CCC2)cc1. The van der Waals surface area contributed by atoms with Gasteiger partial charge in [-0.15, -0.1) is 0 Å². The van der Waals surface area contributed by atoms with Gasteiger partial charge in [0.2, 0.25) is 5.91 Å². The minimum atomic E-state index is -0.309. The number of amides is 1. The highest BCUT2D eigenvalue weighted by atomic mass is 16.5. The van der Waals surface area contributed by atoms with Crippen LogP contribution in [0.25, 0.3) is 0 Å². The first-order valence-electron chi connectivity index (χ1n) is 7.76. The third-order valence-electron chi connectivity index (χ3n) is 3.83. The summed E-state index contributed by atoms with van der Waals surface area (Å²) in [5.41, 5.74) is 1.24. The van der Waals surface area contributed by atoms with E-state index in [0.29, 0.717) is 24.5 Å². The Morgan fingerprint density at radius 2 is 1.95 bits per heavy atom. The van der Waals surface area contributed by atoms with Crippen molar-refractivity contribution in [3.8, 4) is 0 Å². The number of benzene rings is 1. The predicted molar refractivity (Wildman–Crippen MR) is 82.2 cm³/mol. The number of hydrogen-bond acceptors (Lipinski definition) is 3. The van der Waals surface area contributed by atoms with Gasteiger partial charge in [0.15, 0.2) is 0 Å². The topological polar surface area (TPSA) is 55.4 Å². The number of hydrogen-bond donors (Lipinski definition) is 1. The summed E-state index contributed by atoms with van der Waals surface area (Å²) in [7, 11) is 0. The van der Waals surface area contributed by atoms with Crippen molar-refractivity contribution in [2.75, 3.05) is 11.9 Å². The van der Waals surface area contributed by atoms with Crippen LogP contribution in [0.15, 0.2) is 24.3 Å². The minimum Gasteiger partial charge on any atom is -0.462 e. The molecule has 1 aliphatic carbocycles. The summed E-state index contributed by atoms with van der Waals surface area (Å²) in [6.45, 7) is 2.50. The molecule has 0 bridgehead atoms. The van der Waals surface area contributed by atoms with E-state index in [2.05, 4.69) is 12.2 Å². The van der Waals surface area contributed by atoms with Gasteiger partial charge in [-0.25, -0.2) is 4.79 Å². The normalized spacial score (nSPS) is 14.3. The van der Waals surface area contributed by atoms with Crippen molar-refractivity contribution in [1.82, 2.24) is 0 Å². The third kappa shape index (κ3) is 4.88. The van der Waals surface area contributed by atoms with Crippen LogP contribution in [-0.2, 0) is 9.53 Å². The molecule has 4 nitrogen and oxygen atoms in total. The standard InChI is InChI=1S/C17H23NO3/c1-2-3-11-21-17(20)14-7-9-15(10-8-14)18-16(19)12-13-5-4-6-13/h7-10,13H,2-6,11-12H2,1H3,(H,18,19). The number of unbranched alkanes of at least 4 members (excludes halogenated alkanes) is 1. The molecule has 0 atom stereocenters. The fraction of sp³-hybridized carbons (Fsp3) is 0.529. The van der Waals surface area contributed by atoms with Crippen molar-refractivity contribution in [2.24, 2.45) is 5.92 Å². The van der Waals surface area contributed by atoms with Crippen molar-refractivity contribution < 1.29 is 14.3 Å². The molecule has 0 aliphatic heterocycles. The summed E-state index contributed by atoms with van der Waals surface area (Å²) < 4.78 is 5.14. The lowest BCUT2D eigenvalue weighted by molar-refractivity contribution is -0.117. The summed E-state index contributed by atoms with van der Waals surface area (Å²) in [5, 5.41) is 2.87. The summed E-state index contributed by atoms with van der Waals surface area (Å²) in [6, 6.07) is 6.87. The van der Waals surface area contributed by atoms with Crippen LogP contribution in [0.4, 0.5) is 5.69 Å². The highest BCUT2D eigenvalue weighted by Gasteiger charge is 2.20. The maximum atomic E-state index is 11.8. The highest BCUT2D eigenvalue weighted by Crippen LogP contribution is 2.29. The monoisotopic (exact) mass is 289 g/mol. The van der Waals surface area contributed by atoms with Crippen LogP contribution in [0.3, 0.4) is 0 Å². The van der Waals surface area contributed by atoms with Gasteiger partial charge in [-0.1, -0.05) is 19.8 Å². The number of esters is 1. The molecule has 0 aromatic heterocycles. The zero-order valence-corrected chi connectivity index (χ0v) is 12.6. The molecular weight excluding hydrogens is 266 g/mol. The van der Waals surface area contributed by atoms with Crippen LogP contribution in [0, 0.1) is 5.92 Å². The fourth-order valence-corrected chi connectivity index (χ4v) is 2.25. The second-order valence-corrected chi connectivity index (χ2v) is 5.62. The molecule has 0 spiro atoms. The van der Waals surface area contributed by atoms with Crippen LogP contribution in [-0.4, -0.2) is 18.5 Å². The maximum Gasteiger partial charge on any atom is 0.338 e. The van der Waals surface area contributed by atoms with Gasteiger partial charge in [0, 0.05) is 12.1 Å². The Morgan fingerprint density at radius 1 is 1.24 bits per heavy atom. The van der Waals surface area contributed by atoms with E-state index in [1.807, 2.05) is 0 Å². The summed E-state index contributed by atoms with van der Waals surface area (Å²) in [6.07, 6.45) is 6.04. The van der Waals surface area contributed by atoms with Gasteiger partial charge in [0.05, 0.1) is 12.2 Å². The maximum absolute atomic E-state index is 11.8. The first kappa shape index (κ1) is 15.5. The smallest absolute Gasteiger partial charge is 0.338 e. The third-order valence-corrected chi connectivity index (χ3v) is 3.83. The molecule has 1 saturated carbocycles. The van der Waals surface area contributed by atoms with Gasteiger partial charge in [-0.3, -0.25) is 4.79 Å². The van der Waals surface area contributed by atoms with Crippen LogP contribution < -0.4 is 5.32 Å². The van der Waals surface area contributed by atoms with E-state index in [9.17, 15) is 9.59 Å². The van der Waals surface area contributed by atoms with Crippen molar-refractivity contribution in [1.29, 1.82) is 0 Å². The largest absolute Gasteiger partial charge is 0.462 e. The first-order valence-corrected chi connectivity index (χ1v) is 7.76. The summed E-state index contributed by atoms with van der Waals surface area (Å²) in [5.74, 6) is 0.298. The van der Waals surface area contributed by atoms with Gasteiger partial charge < -0.3 is 10.1 Å². The van der Waals surface area contributed by atoms with Crippen LogP contribution in [0.5, 0.6) is 0 Å². The molecule has 1 N–H and O–H groups in total. The molecule has 0 heterocycles. The molecule has 0 unspecified atom stereocenters. The molecule has 0 radical (unpaired) electrons. The number of carbonyl (C=O) groups is 2. The predicted octanol–water partition coefficient (Wildman–Crippen LogP) is 3.77. The number of nitrogens with one attached hydrogen (secondary N) is 1. The van der Waals surface area contributed by atoms with E-state index >= 15 is 0 Å². The highest BCUT2D eigenvalue weighted by molar-refractivity contribution is 5.93. The minimum absolute atomic E-state index is 0.0537. The lowest BCUT2D eigenvalue weighted by Crippen LogP contribution is -2.20. The molecule has 0 saturated heterocycles. The van der Waals surface area contributed by atoms with E-state index in [0.717, 1.165) is 31.4 Å². The summed E-state index contributed by atoms with van der Waals surface area (Å²) in [4.78, 5) is 23.5. The van der Waals surface area contributed by atoms with Gasteiger partial charge >= 0.3 is 5.97 Å². The average Bonchev–Trinajstić information content (AvgIpc) is 2.44. The Morgan fingerprint density at radius 3 is 2.52 bits per heavy atom. The molecule has 2 rings (SSSR count). The van der Waals surface area contributed by atoms with Crippen LogP contribution >= 0.6 is 0 Å². The van der Waals surface area contributed by atoms with Crippen molar-refractivity contribution in [3.63, 3.8) is 0 Å². The Kier molecular flexibility index (Phi) is 5.78. The van der Waals surface area contributed by atoms with Gasteiger partial charge in [-0.2, -0.15) is 0 Å². The molecule has 21 heavy (non-hydrogen) atoms. The Hall–Kier alpha value is -1.84. The lowest BCUT2D eigenvalue weighted by atomic mass is 9.83. The Bertz CT molecular complexity index is 477. The van der Waals surface area contributed by atoms with E-state index in [4.69, 9.17) is 4.74 Å². The van der Waals surface area contributed by atoms with Gasteiger partial charge in [0.25, 0.3) is 0 Å². The quantitative estimate of drug-likeness (QED) is 0.614. The molecule has 1 aromatic carbocycles. The van der Waals surface area contributed by atoms with Gasteiger partial charge in [-0.05, 0) is 49.4 Å². The Labute approximate surface area is 125 Å². The second kappa shape index (κ2) is 7.81. The summed E-state index contributed by atoms with van der Waals surface area (Å²) >= 11 is 0. The molecule has 1 fully saturated rings.